The van der Waals surface area contributed by atoms with E-state index >= 15 is 0 Å². The summed E-state index contributed by atoms with van der Waals surface area (Å²) in [5.41, 5.74) is 2.83. The fourth-order valence-electron chi connectivity index (χ4n) is 3.51. The largest absolute Gasteiger partial charge is 0.356 e. The number of hydrogen-bond donors (Lipinski definition) is 0. The van der Waals surface area contributed by atoms with Crippen molar-refractivity contribution >= 4 is 22.6 Å². The lowest BCUT2D eigenvalue weighted by Crippen LogP contribution is -2.37. The van der Waals surface area contributed by atoms with E-state index in [-0.39, 0.29) is 11.7 Å². The maximum absolute atomic E-state index is 12.7. The quantitative estimate of drug-likeness (QED) is 0.689. The Balaban J connectivity index is 1.49. The number of rotatable bonds is 3. The van der Waals surface area contributed by atoms with Gasteiger partial charge in [0.2, 0.25) is 0 Å². The van der Waals surface area contributed by atoms with Gasteiger partial charge in [-0.15, -0.1) is 0 Å². The lowest BCUT2D eigenvalue weighted by atomic mass is 9.88. The van der Waals surface area contributed by atoms with Gasteiger partial charge in [-0.25, -0.2) is 9.97 Å². The molecule has 1 aromatic carbocycles. The summed E-state index contributed by atoms with van der Waals surface area (Å²) in [5.74, 6) is 1.26. The predicted octanol–water partition coefficient (Wildman–Crippen LogP) is 2.77. The van der Waals surface area contributed by atoms with Crippen LogP contribution < -0.4 is 4.90 Å². The molecule has 6 heteroatoms. The zero-order chi connectivity index (χ0) is 17.4. The summed E-state index contributed by atoms with van der Waals surface area (Å²) in [7, 11) is 1.88. The highest BCUT2D eigenvalue weighted by atomic mass is 16.1. The molecule has 1 aliphatic heterocycles. The molecule has 0 N–H and O–H groups in total. The number of hydrogen-bond acceptors (Lipinski definition) is 5. The molecular formula is C19H21N5O. The van der Waals surface area contributed by atoms with Crippen molar-refractivity contribution in [3.8, 4) is 0 Å². The minimum atomic E-state index is 0.0881. The van der Waals surface area contributed by atoms with E-state index in [0.717, 1.165) is 48.3 Å². The third-order valence-electron chi connectivity index (χ3n) is 5.01. The van der Waals surface area contributed by atoms with Gasteiger partial charge in [0, 0.05) is 31.6 Å². The van der Waals surface area contributed by atoms with Crippen LogP contribution in [0.15, 0.2) is 36.8 Å². The fourth-order valence-corrected chi connectivity index (χ4v) is 3.51. The summed E-state index contributed by atoms with van der Waals surface area (Å²) in [6.07, 6.45) is 5.09. The second-order valence-electron chi connectivity index (χ2n) is 6.69. The van der Waals surface area contributed by atoms with Gasteiger partial charge in [0.1, 0.15) is 12.1 Å². The second kappa shape index (κ2) is 6.27. The van der Waals surface area contributed by atoms with E-state index in [1.165, 1.54) is 5.56 Å². The highest BCUT2D eigenvalue weighted by Crippen LogP contribution is 2.28. The van der Waals surface area contributed by atoms with Gasteiger partial charge in [0.15, 0.2) is 11.4 Å². The molecule has 0 amide bonds. The Bertz CT molecular complexity index is 907. The van der Waals surface area contributed by atoms with Crippen molar-refractivity contribution in [2.24, 2.45) is 13.0 Å². The van der Waals surface area contributed by atoms with Crippen molar-refractivity contribution in [1.82, 2.24) is 19.7 Å². The molecular weight excluding hydrogens is 314 g/mol. The van der Waals surface area contributed by atoms with Crippen LogP contribution in [0.25, 0.3) is 11.0 Å². The van der Waals surface area contributed by atoms with Crippen molar-refractivity contribution in [2.45, 2.75) is 19.8 Å². The molecule has 128 valence electrons. The second-order valence-corrected chi connectivity index (χ2v) is 6.69. The van der Waals surface area contributed by atoms with Crippen molar-refractivity contribution < 1.29 is 4.79 Å². The molecule has 1 saturated heterocycles. The summed E-state index contributed by atoms with van der Waals surface area (Å²) in [6.45, 7) is 3.68. The average Bonchev–Trinajstić information content (AvgIpc) is 3.03. The molecule has 2 aromatic heterocycles. The molecule has 0 radical (unpaired) electrons. The van der Waals surface area contributed by atoms with Crippen molar-refractivity contribution in [3.05, 3.63) is 47.9 Å². The molecule has 0 aliphatic carbocycles. The highest BCUT2D eigenvalue weighted by molar-refractivity contribution is 5.98. The molecule has 1 aliphatic rings. The van der Waals surface area contributed by atoms with Crippen LogP contribution in [0.4, 0.5) is 5.82 Å². The van der Waals surface area contributed by atoms with E-state index in [4.69, 9.17) is 0 Å². The molecule has 0 bridgehead atoms. The van der Waals surface area contributed by atoms with Gasteiger partial charge in [0.25, 0.3) is 0 Å². The number of fused-ring (bicyclic) bond motifs is 1. The van der Waals surface area contributed by atoms with Crippen LogP contribution in [0, 0.1) is 12.8 Å². The summed E-state index contributed by atoms with van der Waals surface area (Å²) in [4.78, 5) is 23.7. The van der Waals surface area contributed by atoms with Gasteiger partial charge in [-0.3, -0.25) is 9.48 Å². The lowest BCUT2D eigenvalue weighted by Gasteiger charge is -2.32. The molecule has 4 rings (SSSR count). The molecule has 0 unspecified atom stereocenters. The standard InChI is InChI=1S/C19H21N5O/c1-13-3-5-14(6-4-13)17(25)15-7-9-24(10-8-15)19-16-11-22-23(2)18(16)20-12-21-19/h3-6,11-12,15H,7-10H2,1-2H3. The number of ketones is 1. The first-order valence-corrected chi connectivity index (χ1v) is 8.62. The maximum atomic E-state index is 12.7. The van der Waals surface area contributed by atoms with E-state index in [1.54, 1.807) is 11.0 Å². The summed E-state index contributed by atoms with van der Waals surface area (Å²) in [6, 6.07) is 7.88. The van der Waals surface area contributed by atoms with Crippen LogP contribution in [-0.2, 0) is 7.05 Å². The predicted molar refractivity (Wildman–Crippen MR) is 96.8 cm³/mol. The van der Waals surface area contributed by atoms with Crippen molar-refractivity contribution in [2.75, 3.05) is 18.0 Å². The Morgan fingerprint density at radius 1 is 1.12 bits per heavy atom. The topological polar surface area (TPSA) is 63.9 Å². The third-order valence-corrected chi connectivity index (χ3v) is 5.01. The molecule has 0 atom stereocenters. The Morgan fingerprint density at radius 2 is 1.84 bits per heavy atom. The Hall–Kier alpha value is -2.76. The maximum Gasteiger partial charge on any atom is 0.166 e. The summed E-state index contributed by atoms with van der Waals surface area (Å²) in [5, 5.41) is 5.24. The Kier molecular flexibility index (Phi) is 3.95. The van der Waals surface area contributed by atoms with Crippen LogP contribution in [0.3, 0.4) is 0 Å². The minimum Gasteiger partial charge on any atom is -0.356 e. The van der Waals surface area contributed by atoms with Gasteiger partial charge in [-0.05, 0) is 19.8 Å². The normalized spacial score (nSPS) is 15.7. The minimum absolute atomic E-state index is 0.0881. The number of piperidine rings is 1. The van der Waals surface area contributed by atoms with Gasteiger partial charge in [-0.1, -0.05) is 29.8 Å². The van der Waals surface area contributed by atoms with Crippen LogP contribution in [-0.4, -0.2) is 38.6 Å². The number of benzene rings is 1. The van der Waals surface area contributed by atoms with Crippen molar-refractivity contribution in [3.63, 3.8) is 0 Å². The van der Waals surface area contributed by atoms with Gasteiger partial charge >= 0.3 is 0 Å². The number of anilines is 1. The molecule has 0 spiro atoms. The monoisotopic (exact) mass is 335 g/mol. The lowest BCUT2D eigenvalue weighted by molar-refractivity contribution is 0.0900. The van der Waals surface area contributed by atoms with Crippen molar-refractivity contribution in [1.29, 1.82) is 0 Å². The van der Waals surface area contributed by atoms with E-state index < -0.39 is 0 Å². The zero-order valence-electron chi connectivity index (χ0n) is 14.5. The first-order valence-electron chi connectivity index (χ1n) is 8.62. The number of nitrogens with zero attached hydrogens (tertiary/aromatic N) is 5. The highest BCUT2D eigenvalue weighted by Gasteiger charge is 2.27. The molecule has 25 heavy (non-hydrogen) atoms. The first kappa shape index (κ1) is 15.7. The third kappa shape index (κ3) is 2.88. The Morgan fingerprint density at radius 3 is 2.56 bits per heavy atom. The number of aryl methyl sites for hydroxylation is 2. The number of aromatic nitrogens is 4. The molecule has 6 nitrogen and oxygen atoms in total. The van der Waals surface area contributed by atoms with Gasteiger partial charge in [-0.2, -0.15) is 5.10 Å². The van der Waals surface area contributed by atoms with Crippen LogP contribution in [0.5, 0.6) is 0 Å². The fraction of sp³-hybridized carbons (Fsp3) is 0.368. The zero-order valence-corrected chi connectivity index (χ0v) is 14.5. The molecule has 3 aromatic rings. The smallest absolute Gasteiger partial charge is 0.166 e. The number of carbonyl (C=O) groups is 1. The summed E-state index contributed by atoms with van der Waals surface area (Å²) >= 11 is 0. The van der Waals surface area contributed by atoms with E-state index in [2.05, 4.69) is 20.0 Å². The first-order chi connectivity index (χ1) is 12.1. The Labute approximate surface area is 146 Å². The van der Waals surface area contributed by atoms with Gasteiger partial charge in [0.05, 0.1) is 11.6 Å². The summed E-state index contributed by atoms with van der Waals surface area (Å²) < 4.78 is 1.76. The number of carbonyl (C=O) groups excluding carboxylic acids is 1. The average molecular weight is 335 g/mol. The van der Waals surface area contributed by atoms with E-state index in [1.807, 2.05) is 44.4 Å². The molecule has 3 heterocycles. The molecule has 0 saturated carbocycles. The number of Topliss-reactive ketones (excluding diaryl/α,β-unsaturated/α-hetero) is 1. The van der Waals surface area contributed by atoms with E-state index in [9.17, 15) is 4.79 Å². The SMILES string of the molecule is Cc1ccc(C(=O)C2CCN(c3ncnc4c3cnn4C)CC2)cc1. The van der Waals surface area contributed by atoms with Crippen LogP contribution in [0.1, 0.15) is 28.8 Å². The molecule has 1 fully saturated rings. The van der Waals surface area contributed by atoms with Crippen LogP contribution in [0.2, 0.25) is 0 Å². The van der Waals surface area contributed by atoms with Gasteiger partial charge < -0.3 is 4.90 Å². The van der Waals surface area contributed by atoms with E-state index in [0.29, 0.717) is 0 Å². The van der Waals surface area contributed by atoms with Crippen LogP contribution >= 0.6 is 0 Å².